The standard InChI is InChI=1S/C18H15N3O3S/c22-17(23)12-21-11-13(10-19-21)18(24)20-15-8-4-5-9-16(15)25-14-6-2-1-3-7-14/h1-11H,12H2,(H,20,24)(H,22,23). The van der Waals surface area contributed by atoms with Crippen LogP contribution in [0.25, 0.3) is 0 Å². The molecule has 1 aromatic heterocycles. The van der Waals surface area contributed by atoms with Crippen molar-refractivity contribution in [3.05, 3.63) is 72.6 Å². The summed E-state index contributed by atoms with van der Waals surface area (Å²) in [7, 11) is 0. The smallest absolute Gasteiger partial charge is 0.325 e. The van der Waals surface area contributed by atoms with E-state index in [1.165, 1.54) is 17.1 Å². The van der Waals surface area contributed by atoms with Gasteiger partial charge in [0.25, 0.3) is 5.91 Å². The van der Waals surface area contributed by atoms with Gasteiger partial charge in [-0.15, -0.1) is 0 Å². The van der Waals surface area contributed by atoms with E-state index < -0.39 is 5.97 Å². The largest absolute Gasteiger partial charge is 0.480 e. The van der Waals surface area contributed by atoms with Crippen molar-refractivity contribution < 1.29 is 14.7 Å². The van der Waals surface area contributed by atoms with Crippen molar-refractivity contribution in [1.82, 2.24) is 9.78 Å². The van der Waals surface area contributed by atoms with Gasteiger partial charge in [-0.1, -0.05) is 42.1 Å². The molecule has 0 fully saturated rings. The van der Waals surface area contributed by atoms with Crippen molar-refractivity contribution in [2.75, 3.05) is 5.32 Å². The van der Waals surface area contributed by atoms with E-state index in [-0.39, 0.29) is 12.5 Å². The number of nitrogens with one attached hydrogen (secondary N) is 1. The van der Waals surface area contributed by atoms with Crippen molar-refractivity contribution in [3.63, 3.8) is 0 Å². The van der Waals surface area contributed by atoms with Gasteiger partial charge in [0.05, 0.1) is 17.4 Å². The number of anilines is 1. The van der Waals surface area contributed by atoms with Gasteiger partial charge < -0.3 is 10.4 Å². The Morgan fingerprint density at radius 1 is 1.08 bits per heavy atom. The summed E-state index contributed by atoms with van der Waals surface area (Å²) in [6, 6.07) is 17.4. The average molecular weight is 353 g/mol. The molecule has 0 bridgehead atoms. The lowest BCUT2D eigenvalue weighted by Crippen LogP contribution is -2.12. The van der Waals surface area contributed by atoms with E-state index in [1.807, 2.05) is 54.6 Å². The number of para-hydroxylation sites is 1. The maximum atomic E-state index is 12.4. The Morgan fingerprint density at radius 3 is 2.56 bits per heavy atom. The lowest BCUT2D eigenvalue weighted by Gasteiger charge is -2.10. The number of carbonyl (C=O) groups is 2. The zero-order valence-electron chi connectivity index (χ0n) is 13.1. The SMILES string of the molecule is O=C(O)Cn1cc(C(=O)Nc2ccccc2Sc2ccccc2)cn1. The second kappa shape index (κ2) is 7.67. The van der Waals surface area contributed by atoms with Crippen LogP contribution >= 0.6 is 11.8 Å². The Kier molecular flexibility index (Phi) is 5.15. The lowest BCUT2D eigenvalue weighted by atomic mass is 10.3. The first-order chi connectivity index (χ1) is 12.1. The minimum absolute atomic E-state index is 0.284. The molecule has 2 aromatic carbocycles. The highest BCUT2D eigenvalue weighted by Gasteiger charge is 2.12. The summed E-state index contributed by atoms with van der Waals surface area (Å²) in [5.41, 5.74) is 0.994. The van der Waals surface area contributed by atoms with Gasteiger partial charge in [-0.2, -0.15) is 5.10 Å². The van der Waals surface area contributed by atoms with Gasteiger partial charge >= 0.3 is 5.97 Å². The van der Waals surface area contributed by atoms with E-state index >= 15 is 0 Å². The topological polar surface area (TPSA) is 84.2 Å². The normalized spacial score (nSPS) is 10.4. The van der Waals surface area contributed by atoms with E-state index in [9.17, 15) is 9.59 Å². The fourth-order valence-corrected chi connectivity index (χ4v) is 3.10. The van der Waals surface area contributed by atoms with E-state index in [0.717, 1.165) is 9.79 Å². The minimum Gasteiger partial charge on any atom is -0.480 e. The van der Waals surface area contributed by atoms with Crippen molar-refractivity contribution in [2.24, 2.45) is 0 Å². The molecular formula is C18H15N3O3S. The number of carbonyl (C=O) groups excluding carboxylic acids is 1. The van der Waals surface area contributed by atoms with Crippen LogP contribution in [0.4, 0.5) is 5.69 Å². The van der Waals surface area contributed by atoms with Crippen LogP contribution in [0.3, 0.4) is 0 Å². The molecule has 0 aliphatic rings. The molecule has 7 heteroatoms. The quantitative estimate of drug-likeness (QED) is 0.710. The zero-order valence-corrected chi connectivity index (χ0v) is 13.9. The molecule has 0 atom stereocenters. The van der Waals surface area contributed by atoms with Gasteiger partial charge in [0.1, 0.15) is 6.54 Å². The summed E-state index contributed by atoms with van der Waals surface area (Å²) in [6.07, 6.45) is 2.77. The number of aliphatic carboxylic acids is 1. The highest BCUT2D eigenvalue weighted by Crippen LogP contribution is 2.33. The molecule has 3 aromatic rings. The zero-order chi connectivity index (χ0) is 17.6. The van der Waals surface area contributed by atoms with Crippen molar-refractivity contribution in [1.29, 1.82) is 0 Å². The molecule has 0 aliphatic heterocycles. The average Bonchev–Trinajstić information content (AvgIpc) is 3.05. The molecule has 0 saturated carbocycles. The molecule has 1 heterocycles. The molecule has 0 unspecified atom stereocenters. The molecular weight excluding hydrogens is 338 g/mol. The third kappa shape index (κ3) is 4.48. The van der Waals surface area contributed by atoms with E-state index in [1.54, 1.807) is 11.8 Å². The number of hydrogen-bond donors (Lipinski definition) is 2. The number of hydrogen-bond acceptors (Lipinski definition) is 4. The van der Waals surface area contributed by atoms with Crippen LogP contribution in [0, 0.1) is 0 Å². The molecule has 0 spiro atoms. The summed E-state index contributed by atoms with van der Waals surface area (Å²) < 4.78 is 1.21. The van der Waals surface area contributed by atoms with E-state index in [2.05, 4.69) is 10.4 Å². The number of rotatable bonds is 6. The number of nitrogens with zero attached hydrogens (tertiary/aromatic N) is 2. The van der Waals surface area contributed by atoms with Gasteiger partial charge in [-0.25, -0.2) is 0 Å². The maximum Gasteiger partial charge on any atom is 0.325 e. The highest BCUT2D eigenvalue weighted by molar-refractivity contribution is 7.99. The number of carboxylic acid groups (broad SMARTS) is 1. The van der Waals surface area contributed by atoms with Crippen LogP contribution in [0.1, 0.15) is 10.4 Å². The van der Waals surface area contributed by atoms with Gasteiger partial charge in [-0.3, -0.25) is 14.3 Å². The van der Waals surface area contributed by atoms with E-state index in [0.29, 0.717) is 11.3 Å². The fourth-order valence-electron chi connectivity index (χ4n) is 2.17. The highest BCUT2D eigenvalue weighted by atomic mass is 32.2. The lowest BCUT2D eigenvalue weighted by molar-refractivity contribution is -0.137. The molecule has 25 heavy (non-hydrogen) atoms. The number of benzene rings is 2. The molecule has 0 saturated heterocycles. The predicted molar refractivity (Wildman–Crippen MR) is 94.8 cm³/mol. The molecule has 2 N–H and O–H groups in total. The summed E-state index contributed by atoms with van der Waals surface area (Å²) in [4.78, 5) is 25.1. The predicted octanol–water partition coefficient (Wildman–Crippen LogP) is 3.37. The number of aromatic nitrogens is 2. The Labute approximate surface area is 148 Å². The van der Waals surface area contributed by atoms with Crippen LogP contribution in [0.2, 0.25) is 0 Å². The monoisotopic (exact) mass is 353 g/mol. The van der Waals surface area contributed by atoms with E-state index in [4.69, 9.17) is 5.11 Å². The first-order valence-electron chi connectivity index (χ1n) is 7.49. The van der Waals surface area contributed by atoms with Crippen molar-refractivity contribution >= 4 is 29.3 Å². The Balaban J connectivity index is 1.75. The Hall–Kier alpha value is -3.06. The molecule has 3 rings (SSSR count). The second-order valence-corrected chi connectivity index (χ2v) is 6.30. The van der Waals surface area contributed by atoms with Crippen LogP contribution in [-0.2, 0) is 11.3 Å². The Bertz CT molecular complexity index is 893. The maximum absolute atomic E-state index is 12.4. The van der Waals surface area contributed by atoms with Crippen molar-refractivity contribution in [3.8, 4) is 0 Å². The molecule has 6 nitrogen and oxygen atoms in total. The number of carboxylic acids is 1. The van der Waals surface area contributed by atoms with Gasteiger partial charge in [0.2, 0.25) is 0 Å². The first-order valence-corrected chi connectivity index (χ1v) is 8.31. The van der Waals surface area contributed by atoms with Gasteiger partial charge in [0.15, 0.2) is 0 Å². The summed E-state index contributed by atoms with van der Waals surface area (Å²) in [5.74, 6) is -1.35. The van der Waals surface area contributed by atoms with Crippen LogP contribution in [0.5, 0.6) is 0 Å². The second-order valence-electron chi connectivity index (χ2n) is 5.19. The van der Waals surface area contributed by atoms with Gasteiger partial charge in [0, 0.05) is 16.0 Å². The fraction of sp³-hybridized carbons (Fsp3) is 0.0556. The third-order valence-corrected chi connectivity index (χ3v) is 4.38. The van der Waals surface area contributed by atoms with Crippen LogP contribution in [0.15, 0.2) is 76.8 Å². The minimum atomic E-state index is -1.01. The summed E-state index contributed by atoms with van der Waals surface area (Å²) >= 11 is 1.55. The van der Waals surface area contributed by atoms with Crippen molar-refractivity contribution in [2.45, 2.75) is 16.3 Å². The van der Waals surface area contributed by atoms with Gasteiger partial charge in [-0.05, 0) is 24.3 Å². The van der Waals surface area contributed by atoms with Crippen LogP contribution in [-0.4, -0.2) is 26.8 Å². The molecule has 1 amide bonds. The van der Waals surface area contributed by atoms with Crippen LogP contribution < -0.4 is 5.32 Å². The molecule has 0 radical (unpaired) electrons. The molecule has 126 valence electrons. The number of amides is 1. The summed E-state index contributed by atoms with van der Waals surface area (Å²) in [5, 5.41) is 15.5. The first kappa shape index (κ1) is 16.8. The Morgan fingerprint density at radius 2 is 1.80 bits per heavy atom. The summed E-state index contributed by atoms with van der Waals surface area (Å²) in [6.45, 7) is -0.284. The molecule has 0 aliphatic carbocycles. The third-order valence-electron chi connectivity index (χ3n) is 3.30.